The lowest BCUT2D eigenvalue weighted by molar-refractivity contribution is -0.263. The maximum absolute atomic E-state index is 12.8. The van der Waals surface area contributed by atoms with E-state index in [9.17, 15) is 20.1 Å². The first-order valence-electron chi connectivity index (χ1n) is 13.9. The molecule has 5 fully saturated rings. The Morgan fingerprint density at radius 1 is 0.824 bits per heavy atom. The molecule has 5 rings (SSSR count). The smallest absolute Gasteiger partial charge is 0.312 e. The summed E-state index contributed by atoms with van der Waals surface area (Å²) in [5.41, 5.74) is 0.149. The van der Waals surface area contributed by atoms with Crippen molar-refractivity contribution in [2.24, 2.45) is 56.7 Å². The van der Waals surface area contributed by atoms with Crippen molar-refractivity contribution in [3.05, 3.63) is 12.2 Å². The number of rotatable bonds is 2. The molecule has 4 nitrogen and oxygen atoms in total. The predicted octanol–water partition coefficient (Wildman–Crippen LogP) is 6.06. The van der Waals surface area contributed by atoms with E-state index >= 15 is 0 Å². The third kappa shape index (κ3) is 2.71. The third-order valence-electron chi connectivity index (χ3n) is 13.5. The Kier molecular flexibility index (Phi) is 5.36. The first kappa shape index (κ1) is 24.8. The van der Waals surface area contributed by atoms with Crippen molar-refractivity contribution in [1.82, 2.24) is 0 Å². The van der Waals surface area contributed by atoms with Gasteiger partial charge in [-0.25, -0.2) is 0 Å². The fourth-order valence-corrected chi connectivity index (χ4v) is 11.6. The lowest BCUT2D eigenvalue weighted by Crippen LogP contribution is -2.69. The minimum atomic E-state index is -1.02. The normalized spacial score (nSPS) is 55.9. The second-order valence-corrected chi connectivity index (χ2v) is 14.6. The monoisotopic (exact) mass is 472 g/mol. The molecule has 4 heteroatoms. The van der Waals surface area contributed by atoms with Crippen LogP contribution in [-0.2, 0) is 4.79 Å². The highest BCUT2D eigenvalue weighted by molar-refractivity contribution is 5.77. The summed E-state index contributed by atoms with van der Waals surface area (Å²) in [6.45, 7) is 18.3. The summed E-state index contributed by atoms with van der Waals surface area (Å²) < 4.78 is 0. The average Bonchev–Trinajstić information content (AvgIpc) is 3.14. The van der Waals surface area contributed by atoms with Gasteiger partial charge in [0.2, 0.25) is 0 Å². The van der Waals surface area contributed by atoms with Gasteiger partial charge in [-0.3, -0.25) is 4.79 Å². The number of allylic oxidation sites excluding steroid dienone is 1. The minimum absolute atomic E-state index is 0.0239. The van der Waals surface area contributed by atoms with Crippen LogP contribution in [0.3, 0.4) is 0 Å². The van der Waals surface area contributed by atoms with Crippen molar-refractivity contribution < 1.29 is 20.1 Å². The van der Waals surface area contributed by atoms with Crippen LogP contribution in [0.15, 0.2) is 12.2 Å². The van der Waals surface area contributed by atoms with Gasteiger partial charge in [-0.05, 0) is 116 Å². The summed E-state index contributed by atoms with van der Waals surface area (Å²) in [4.78, 5) is 12.8. The molecule has 0 heterocycles. The second-order valence-electron chi connectivity index (χ2n) is 14.6. The Labute approximate surface area is 206 Å². The fourth-order valence-electron chi connectivity index (χ4n) is 11.6. The van der Waals surface area contributed by atoms with Gasteiger partial charge in [-0.2, -0.15) is 0 Å². The molecule has 0 aromatic heterocycles. The van der Waals surface area contributed by atoms with Gasteiger partial charge in [0.05, 0.1) is 17.6 Å². The van der Waals surface area contributed by atoms with Gasteiger partial charge >= 0.3 is 5.97 Å². The molecular formula is C30H48O4. The highest BCUT2D eigenvalue weighted by Crippen LogP contribution is 2.77. The van der Waals surface area contributed by atoms with Crippen LogP contribution in [0.2, 0.25) is 0 Å². The number of aliphatic hydroxyl groups excluding tert-OH is 2. The zero-order valence-electron chi connectivity index (χ0n) is 22.4. The Morgan fingerprint density at radius 2 is 1.50 bits per heavy atom. The standard InChI is InChI=1S/C30H48O4/c1-17(2)18-10-15-30(25(33)34)23(32)16-29(7)19(24(18)30)8-9-21-27(5)13-12-22(31)26(3,4)20(27)11-14-28(21,29)6/h18-24,31-32H,1,8-16H2,2-7H3,(H,33,34)/t18-,19?,20?,21+,22-,23-,24+,27-,28+,29+,30-/m0/s1. The molecule has 2 unspecified atom stereocenters. The molecule has 0 bridgehead atoms. The van der Waals surface area contributed by atoms with Crippen molar-refractivity contribution in [1.29, 1.82) is 0 Å². The average molecular weight is 473 g/mol. The highest BCUT2D eigenvalue weighted by atomic mass is 16.4. The van der Waals surface area contributed by atoms with Crippen LogP contribution in [0.4, 0.5) is 0 Å². The van der Waals surface area contributed by atoms with Crippen LogP contribution < -0.4 is 0 Å². The summed E-state index contributed by atoms with van der Waals surface area (Å²) in [6.07, 6.45) is 7.34. The Morgan fingerprint density at radius 3 is 2.12 bits per heavy atom. The van der Waals surface area contributed by atoms with Gasteiger partial charge in [-0.15, -0.1) is 0 Å². The molecule has 5 aliphatic rings. The quantitative estimate of drug-likeness (QED) is 0.427. The van der Waals surface area contributed by atoms with Gasteiger partial charge in [0.1, 0.15) is 0 Å². The number of carbonyl (C=O) groups is 1. The van der Waals surface area contributed by atoms with E-state index in [0.29, 0.717) is 30.6 Å². The van der Waals surface area contributed by atoms with Crippen molar-refractivity contribution >= 4 is 5.97 Å². The molecule has 0 saturated heterocycles. The van der Waals surface area contributed by atoms with Gasteiger partial charge in [0.15, 0.2) is 0 Å². The van der Waals surface area contributed by atoms with Crippen LogP contribution in [0.5, 0.6) is 0 Å². The molecule has 11 atom stereocenters. The number of fused-ring (bicyclic) bond motifs is 7. The minimum Gasteiger partial charge on any atom is -0.481 e. The van der Waals surface area contributed by atoms with E-state index in [2.05, 4.69) is 48.1 Å². The summed E-state index contributed by atoms with van der Waals surface area (Å²) >= 11 is 0. The first-order chi connectivity index (χ1) is 15.7. The van der Waals surface area contributed by atoms with Gasteiger partial charge in [0.25, 0.3) is 0 Å². The molecule has 0 aromatic rings. The van der Waals surface area contributed by atoms with Crippen molar-refractivity contribution in [2.75, 3.05) is 0 Å². The van der Waals surface area contributed by atoms with Crippen LogP contribution in [0, 0.1) is 56.7 Å². The topological polar surface area (TPSA) is 77.8 Å². The molecule has 3 N–H and O–H groups in total. The largest absolute Gasteiger partial charge is 0.481 e. The van der Waals surface area contributed by atoms with Gasteiger partial charge in [-0.1, -0.05) is 46.8 Å². The highest BCUT2D eigenvalue weighted by Gasteiger charge is 2.74. The van der Waals surface area contributed by atoms with Gasteiger partial charge in [0, 0.05) is 0 Å². The number of aliphatic carboxylic acids is 1. The third-order valence-corrected chi connectivity index (χ3v) is 13.5. The van der Waals surface area contributed by atoms with Crippen LogP contribution >= 0.6 is 0 Å². The molecule has 192 valence electrons. The zero-order chi connectivity index (χ0) is 25.1. The van der Waals surface area contributed by atoms with Crippen molar-refractivity contribution in [3.8, 4) is 0 Å². The summed E-state index contributed by atoms with van der Waals surface area (Å²) in [5, 5.41) is 33.1. The second kappa shape index (κ2) is 7.34. The summed E-state index contributed by atoms with van der Waals surface area (Å²) in [5.74, 6) is 0.723. The Bertz CT molecular complexity index is 894. The Balaban J connectivity index is 1.60. The zero-order valence-corrected chi connectivity index (χ0v) is 22.4. The predicted molar refractivity (Wildman–Crippen MR) is 134 cm³/mol. The van der Waals surface area contributed by atoms with Crippen molar-refractivity contribution in [2.45, 2.75) is 112 Å². The van der Waals surface area contributed by atoms with E-state index in [0.717, 1.165) is 50.5 Å². The van der Waals surface area contributed by atoms with E-state index in [-0.39, 0.29) is 39.6 Å². The number of hydrogen-bond donors (Lipinski definition) is 3. The van der Waals surface area contributed by atoms with E-state index in [1.165, 1.54) is 0 Å². The number of carboxylic acid groups (broad SMARTS) is 1. The molecule has 0 amide bonds. The van der Waals surface area contributed by atoms with Crippen molar-refractivity contribution in [3.63, 3.8) is 0 Å². The molecule has 0 aliphatic heterocycles. The lowest BCUT2D eigenvalue weighted by Gasteiger charge is -2.73. The molecular weight excluding hydrogens is 424 g/mol. The molecule has 0 aromatic carbocycles. The van der Waals surface area contributed by atoms with E-state index < -0.39 is 17.5 Å². The lowest BCUT2D eigenvalue weighted by atomic mass is 9.32. The SMILES string of the molecule is C=C(C)[C@@H]1CC[C@]2(C(=O)O)[C@@H](O)C[C@]3(C)C(CC[C@@H]4[C@@]5(C)CC[C@H](O)C(C)(C)C5CC[C@]43C)[C@@H]12. The van der Waals surface area contributed by atoms with Crippen LogP contribution in [0.25, 0.3) is 0 Å². The maximum atomic E-state index is 12.8. The van der Waals surface area contributed by atoms with Crippen LogP contribution in [0.1, 0.15) is 99.3 Å². The van der Waals surface area contributed by atoms with E-state index in [4.69, 9.17) is 0 Å². The summed E-state index contributed by atoms with van der Waals surface area (Å²) in [6, 6.07) is 0. The fraction of sp³-hybridized carbons (Fsp3) is 0.900. The molecule has 0 spiro atoms. The number of hydrogen-bond acceptors (Lipinski definition) is 3. The molecule has 34 heavy (non-hydrogen) atoms. The summed E-state index contributed by atoms with van der Waals surface area (Å²) in [7, 11) is 0. The maximum Gasteiger partial charge on any atom is 0.312 e. The molecule has 0 radical (unpaired) electrons. The van der Waals surface area contributed by atoms with Gasteiger partial charge < -0.3 is 15.3 Å². The van der Waals surface area contributed by atoms with Crippen LogP contribution in [-0.4, -0.2) is 33.5 Å². The molecule has 5 saturated carbocycles. The Hall–Kier alpha value is -0.870. The molecule has 5 aliphatic carbocycles. The van der Waals surface area contributed by atoms with E-state index in [1.54, 1.807) is 0 Å². The number of carboxylic acids is 1. The number of aliphatic hydroxyl groups is 2. The first-order valence-corrected chi connectivity index (χ1v) is 13.9. The van der Waals surface area contributed by atoms with E-state index in [1.807, 2.05) is 0 Å².